The molecule has 3 saturated heterocycles. The Balaban J connectivity index is 0.000000187. The third kappa shape index (κ3) is 6.43. The maximum atomic E-state index is 5.96. The van der Waals surface area contributed by atoms with E-state index in [-0.39, 0.29) is 11.2 Å². The van der Waals surface area contributed by atoms with E-state index in [1.54, 1.807) is 0 Å². The molecule has 26 heavy (non-hydrogen) atoms. The summed E-state index contributed by atoms with van der Waals surface area (Å²) in [7, 11) is 12.6. The molecule has 3 rings (SSSR count). The second kappa shape index (κ2) is 9.80. The van der Waals surface area contributed by atoms with Crippen molar-refractivity contribution < 1.29 is 9.47 Å². The van der Waals surface area contributed by atoms with Crippen molar-refractivity contribution in [1.82, 2.24) is 19.6 Å². The maximum absolute atomic E-state index is 5.96. The third-order valence-corrected chi connectivity index (χ3v) is 5.94. The van der Waals surface area contributed by atoms with Gasteiger partial charge in [0.15, 0.2) is 0 Å². The highest BCUT2D eigenvalue weighted by Crippen LogP contribution is 2.27. The van der Waals surface area contributed by atoms with Crippen molar-refractivity contribution in [1.29, 1.82) is 0 Å². The number of piperidine rings is 2. The Morgan fingerprint density at radius 1 is 0.885 bits per heavy atom. The lowest BCUT2D eigenvalue weighted by Crippen LogP contribution is -2.58. The van der Waals surface area contributed by atoms with Crippen molar-refractivity contribution in [3.63, 3.8) is 0 Å². The van der Waals surface area contributed by atoms with Crippen molar-refractivity contribution in [3.05, 3.63) is 0 Å². The molecule has 2 atom stereocenters. The van der Waals surface area contributed by atoms with Crippen molar-refractivity contribution in [2.24, 2.45) is 0 Å². The number of likely N-dealkylation sites (N-methyl/N-ethyl adjacent to an activating group) is 4. The molecule has 0 bridgehead atoms. The Labute approximate surface area is 161 Å². The predicted molar refractivity (Wildman–Crippen MR) is 108 cm³/mol. The molecule has 0 aromatic heterocycles. The van der Waals surface area contributed by atoms with Crippen LogP contribution in [-0.4, -0.2) is 126 Å². The first-order chi connectivity index (χ1) is 12.3. The average Bonchev–Trinajstić information content (AvgIpc) is 2.54. The van der Waals surface area contributed by atoms with Crippen molar-refractivity contribution in [3.8, 4) is 0 Å². The Hall–Kier alpha value is -0.240. The number of rotatable bonds is 3. The fourth-order valence-electron chi connectivity index (χ4n) is 4.86. The molecule has 2 unspecified atom stereocenters. The van der Waals surface area contributed by atoms with Crippen LogP contribution < -0.4 is 0 Å². The first-order valence-electron chi connectivity index (χ1n) is 10.2. The zero-order chi connectivity index (χ0) is 19.2. The number of methoxy groups -OCH3 is 1. The molecule has 0 radical (unpaired) electrons. The van der Waals surface area contributed by atoms with E-state index in [2.05, 4.69) is 54.8 Å². The molecule has 0 amide bonds. The van der Waals surface area contributed by atoms with Gasteiger partial charge in [0.05, 0.1) is 17.8 Å². The molecule has 0 saturated carbocycles. The molecule has 154 valence electrons. The smallest absolute Gasteiger partial charge is 0.0935 e. The topological polar surface area (TPSA) is 31.4 Å². The first kappa shape index (κ1) is 22.1. The quantitative estimate of drug-likeness (QED) is 0.739. The van der Waals surface area contributed by atoms with Gasteiger partial charge in [0.1, 0.15) is 0 Å². The molecule has 3 fully saturated rings. The lowest BCUT2D eigenvalue weighted by molar-refractivity contribution is -0.131. The zero-order valence-electron chi connectivity index (χ0n) is 18.1. The SMILES string of the molecule is CN1CCCC2(C1)CN(C)CCO2.COC1(CN(C)C)CCCN(C)C1. The molecule has 0 N–H and O–H groups in total. The molecule has 3 aliphatic rings. The van der Waals surface area contributed by atoms with Crippen molar-refractivity contribution in [2.75, 3.05) is 94.8 Å². The van der Waals surface area contributed by atoms with E-state index in [4.69, 9.17) is 9.47 Å². The monoisotopic (exact) mass is 370 g/mol. The molecule has 0 aromatic carbocycles. The minimum Gasteiger partial charge on any atom is -0.376 e. The van der Waals surface area contributed by atoms with E-state index in [0.717, 1.165) is 39.3 Å². The standard InChI is InChI=1S/C10H20N2O.C10H22N2O/c1-11-5-3-4-10(8-11)9-12(2)6-7-13-10;1-11(2)8-10(13-4)6-5-7-12(3)9-10/h3-9H2,1-2H3;5-9H2,1-4H3. The van der Waals surface area contributed by atoms with E-state index < -0.39 is 0 Å². The van der Waals surface area contributed by atoms with Crippen LogP contribution in [0, 0.1) is 0 Å². The fraction of sp³-hybridized carbons (Fsp3) is 1.00. The summed E-state index contributed by atoms with van der Waals surface area (Å²) in [6, 6.07) is 0. The van der Waals surface area contributed by atoms with E-state index in [1.807, 2.05) is 7.11 Å². The summed E-state index contributed by atoms with van der Waals surface area (Å²) in [5.74, 6) is 0. The van der Waals surface area contributed by atoms with Gasteiger partial charge in [-0.2, -0.15) is 0 Å². The van der Waals surface area contributed by atoms with Crippen LogP contribution in [0.5, 0.6) is 0 Å². The largest absolute Gasteiger partial charge is 0.376 e. The molecule has 0 aliphatic carbocycles. The number of likely N-dealkylation sites (tertiary alicyclic amines) is 2. The number of hydrogen-bond acceptors (Lipinski definition) is 6. The summed E-state index contributed by atoms with van der Waals surface area (Å²) in [5.41, 5.74) is 0.219. The van der Waals surface area contributed by atoms with Crippen molar-refractivity contribution >= 4 is 0 Å². The number of ether oxygens (including phenoxy) is 2. The molecular formula is C20H42N4O2. The van der Waals surface area contributed by atoms with E-state index in [0.29, 0.717) is 0 Å². The average molecular weight is 371 g/mol. The van der Waals surface area contributed by atoms with Crippen LogP contribution in [0.15, 0.2) is 0 Å². The molecular weight excluding hydrogens is 328 g/mol. The maximum Gasteiger partial charge on any atom is 0.0935 e. The summed E-state index contributed by atoms with van der Waals surface area (Å²) < 4.78 is 11.6. The van der Waals surface area contributed by atoms with Gasteiger partial charge in [-0.15, -0.1) is 0 Å². The molecule has 3 aliphatic heterocycles. The highest BCUT2D eigenvalue weighted by atomic mass is 16.5. The van der Waals surface area contributed by atoms with Gasteiger partial charge in [0.2, 0.25) is 0 Å². The predicted octanol–water partition coefficient (Wildman–Crippen LogP) is 1.07. The molecule has 1 spiro atoms. The normalized spacial score (nSPS) is 34.7. The van der Waals surface area contributed by atoms with Gasteiger partial charge in [-0.05, 0) is 74.0 Å². The summed E-state index contributed by atoms with van der Waals surface area (Å²) in [6.45, 7) is 8.73. The number of morpholine rings is 1. The van der Waals surface area contributed by atoms with Crippen LogP contribution >= 0.6 is 0 Å². The fourth-order valence-corrected chi connectivity index (χ4v) is 4.86. The second-order valence-corrected chi connectivity index (χ2v) is 9.08. The van der Waals surface area contributed by atoms with Gasteiger partial charge >= 0.3 is 0 Å². The van der Waals surface area contributed by atoms with Crippen LogP contribution in [0.2, 0.25) is 0 Å². The third-order valence-electron chi connectivity index (χ3n) is 5.94. The van der Waals surface area contributed by atoms with Gasteiger partial charge < -0.3 is 29.1 Å². The Morgan fingerprint density at radius 2 is 1.46 bits per heavy atom. The Bertz CT molecular complexity index is 370. The van der Waals surface area contributed by atoms with Gasteiger partial charge in [0, 0.05) is 39.8 Å². The summed E-state index contributed by atoms with van der Waals surface area (Å²) in [4.78, 5) is 9.35. The lowest BCUT2D eigenvalue weighted by atomic mass is 9.91. The zero-order valence-corrected chi connectivity index (χ0v) is 18.1. The summed E-state index contributed by atoms with van der Waals surface area (Å²) in [6.07, 6.45) is 4.95. The highest BCUT2D eigenvalue weighted by molar-refractivity contribution is 4.92. The lowest BCUT2D eigenvalue weighted by Gasteiger charge is -2.46. The summed E-state index contributed by atoms with van der Waals surface area (Å²) >= 11 is 0. The van der Waals surface area contributed by atoms with E-state index >= 15 is 0 Å². The molecule has 6 heteroatoms. The number of nitrogens with zero attached hydrogens (tertiary/aromatic N) is 4. The molecule has 6 nitrogen and oxygen atoms in total. The highest BCUT2D eigenvalue weighted by Gasteiger charge is 2.38. The minimum atomic E-state index is 0.0660. The Kier molecular flexibility index (Phi) is 8.32. The minimum absolute atomic E-state index is 0.0660. The first-order valence-corrected chi connectivity index (χ1v) is 10.2. The van der Waals surface area contributed by atoms with Gasteiger partial charge in [-0.25, -0.2) is 0 Å². The second-order valence-electron chi connectivity index (χ2n) is 9.08. The van der Waals surface area contributed by atoms with Gasteiger partial charge in [-0.1, -0.05) is 0 Å². The van der Waals surface area contributed by atoms with Crippen LogP contribution in [-0.2, 0) is 9.47 Å². The van der Waals surface area contributed by atoms with Gasteiger partial charge in [0.25, 0.3) is 0 Å². The van der Waals surface area contributed by atoms with E-state index in [1.165, 1.54) is 38.8 Å². The molecule has 3 heterocycles. The van der Waals surface area contributed by atoms with Gasteiger partial charge in [-0.3, -0.25) is 0 Å². The molecule has 0 aromatic rings. The van der Waals surface area contributed by atoms with Crippen LogP contribution in [0.3, 0.4) is 0 Å². The summed E-state index contributed by atoms with van der Waals surface area (Å²) in [5, 5.41) is 0. The van der Waals surface area contributed by atoms with E-state index in [9.17, 15) is 0 Å². The van der Waals surface area contributed by atoms with Crippen LogP contribution in [0.4, 0.5) is 0 Å². The van der Waals surface area contributed by atoms with Crippen LogP contribution in [0.25, 0.3) is 0 Å². The Morgan fingerprint density at radius 3 is 1.96 bits per heavy atom. The van der Waals surface area contributed by atoms with Crippen molar-refractivity contribution in [2.45, 2.75) is 36.9 Å². The van der Waals surface area contributed by atoms with Crippen LogP contribution in [0.1, 0.15) is 25.7 Å². The number of hydrogen-bond donors (Lipinski definition) is 0.